The van der Waals surface area contributed by atoms with Gasteiger partial charge in [0, 0.05) is 23.5 Å². The van der Waals surface area contributed by atoms with Gasteiger partial charge in [-0.05, 0) is 73.5 Å². The van der Waals surface area contributed by atoms with E-state index in [2.05, 4.69) is 5.32 Å². The van der Waals surface area contributed by atoms with Crippen molar-refractivity contribution in [2.24, 2.45) is 0 Å². The van der Waals surface area contributed by atoms with Crippen LogP contribution in [0.3, 0.4) is 0 Å². The maximum absolute atomic E-state index is 13.6. The summed E-state index contributed by atoms with van der Waals surface area (Å²) in [7, 11) is -3.79. The largest absolute Gasteiger partial charge is 0.468 e. The summed E-state index contributed by atoms with van der Waals surface area (Å²) in [4.78, 5) is 0.218. The first-order valence-corrected chi connectivity index (χ1v) is 11.7. The van der Waals surface area contributed by atoms with Crippen molar-refractivity contribution in [1.82, 2.24) is 5.32 Å². The van der Waals surface area contributed by atoms with E-state index < -0.39 is 10.0 Å². The number of sulfonamides is 1. The van der Waals surface area contributed by atoms with Crippen molar-refractivity contribution in [2.45, 2.75) is 31.8 Å². The van der Waals surface area contributed by atoms with Gasteiger partial charge in [-0.1, -0.05) is 11.6 Å². The summed E-state index contributed by atoms with van der Waals surface area (Å²) in [6.07, 6.45) is 3.24. The van der Waals surface area contributed by atoms with E-state index in [1.807, 2.05) is 26.0 Å². The molecule has 8 heteroatoms. The number of fused-ring (bicyclic) bond motifs is 1. The summed E-state index contributed by atoms with van der Waals surface area (Å²) in [5.74, 6) is 0.798. The summed E-state index contributed by atoms with van der Waals surface area (Å²) in [6.45, 7) is 4.93. The van der Waals surface area contributed by atoms with Crippen LogP contribution >= 0.6 is 11.6 Å². The van der Waals surface area contributed by atoms with Crippen LogP contribution in [0.4, 0.5) is 5.69 Å². The summed E-state index contributed by atoms with van der Waals surface area (Å²) in [5, 5.41) is 4.61. The zero-order valence-corrected chi connectivity index (χ0v) is 18.8. The molecule has 0 saturated carbocycles. The Kier molecular flexibility index (Phi) is 6.09. The Morgan fingerprint density at radius 2 is 1.90 bits per heavy atom. The number of rotatable bonds is 8. The average Bonchev–Trinajstić information content (AvgIpc) is 3.40. The Morgan fingerprint density at radius 3 is 2.65 bits per heavy atom. The molecule has 0 spiro atoms. The van der Waals surface area contributed by atoms with Crippen LogP contribution in [0.15, 0.2) is 74.8 Å². The third kappa shape index (κ3) is 4.35. The normalized spacial score (nSPS) is 11.8. The first-order valence-electron chi connectivity index (χ1n) is 9.92. The monoisotopic (exact) mass is 458 g/mol. The summed E-state index contributed by atoms with van der Waals surface area (Å²) in [5.41, 5.74) is 2.92. The van der Waals surface area contributed by atoms with Crippen LogP contribution in [0, 0.1) is 6.92 Å². The van der Waals surface area contributed by atoms with Crippen LogP contribution in [0.25, 0.3) is 11.0 Å². The lowest BCUT2D eigenvalue weighted by Crippen LogP contribution is -2.32. The molecule has 4 rings (SSSR count). The van der Waals surface area contributed by atoms with Gasteiger partial charge < -0.3 is 14.2 Å². The van der Waals surface area contributed by atoms with Crippen molar-refractivity contribution in [3.63, 3.8) is 0 Å². The van der Waals surface area contributed by atoms with Crippen LogP contribution < -0.4 is 9.62 Å². The van der Waals surface area contributed by atoms with Gasteiger partial charge in [-0.25, -0.2) is 8.42 Å². The van der Waals surface area contributed by atoms with E-state index in [1.54, 1.807) is 48.9 Å². The van der Waals surface area contributed by atoms with Gasteiger partial charge in [0.05, 0.1) is 29.7 Å². The van der Waals surface area contributed by atoms with Gasteiger partial charge in [0.25, 0.3) is 10.0 Å². The summed E-state index contributed by atoms with van der Waals surface area (Å²) in [6, 6.07) is 13.9. The first-order chi connectivity index (χ1) is 14.9. The van der Waals surface area contributed by atoms with Gasteiger partial charge in [0.15, 0.2) is 0 Å². The molecule has 0 amide bonds. The second-order valence-electron chi connectivity index (χ2n) is 7.20. The molecule has 0 saturated heterocycles. The standard InChI is InChI=1S/C23H23ClN2O4S/c1-3-26(31(27,28)20-7-9-23-21(12-20)16(2)15-30-23)22-8-6-18(24)11-17(22)13-25-14-19-5-4-10-29-19/h4-12,15,25H,3,13-14H2,1-2H3. The molecule has 0 fully saturated rings. The van der Waals surface area contributed by atoms with Gasteiger partial charge >= 0.3 is 0 Å². The Labute approximate surface area is 186 Å². The Hall–Kier alpha value is -2.74. The van der Waals surface area contributed by atoms with Crippen molar-refractivity contribution < 1.29 is 17.3 Å². The SMILES string of the molecule is CCN(c1ccc(Cl)cc1CNCc1ccco1)S(=O)(=O)c1ccc2occ(C)c2c1. The van der Waals surface area contributed by atoms with Crippen LogP contribution in [-0.4, -0.2) is 15.0 Å². The summed E-state index contributed by atoms with van der Waals surface area (Å²) >= 11 is 6.22. The predicted molar refractivity (Wildman–Crippen MR) is 122 cm³/mol. The molecular weight excluding hydrogens is 436 g/mol. The van der Waals surface area contributed by atoms with Crippen molar-refractivity contribution >= 4 is 38.3 Å². The fourth-order valence-corrected chi connectivity index (χ4v) is 5.30. The molecule has 4 aromatic rings. The Bertz CT molecular complexity index is 1300. The molecule has 2 aromatic heterocycles. The molecule has 0 aliphatic carbocycles. The molecule has 6 nitrogen and oxygen atoms in total. The predicted octanol–water partition coefficient (Wildman–Crippen LogP) is 5.49. The zero-order chi connectivity index (χ0) is 22.0. The van der Waals surface area contributed by atoms with Gasteiger partial charge in [-0.15, -0.1) is 0 Å². The fraction of sp³-hybridized carbons (Fsp3) is 0.217. The minimum atomic E-state index is -3.79. The van der Waals surface area contributed by atoms with E-state index in [4.69, 9.17) is 20.4 Å². The molecule has 0 aliphatic rings. The van der Waals surface area contributed by atoms with Crippen molar-refractivity contribution in [3.8, 4) is 0 Å². The number of nitrogens with one attached hydrogen (secondary N) is 1. The maximum Gasteiger partial charge on any atom is 0.264 e. The van der Waals surface area contributed by atoms with E-state index in [1.165, 1.54) is 4.31 Å². The Balaban J connectivity index is 1.67. The maximum atomic E-state index is 13.6. The quantitative estimate of drug-likeness (QED) is 0.377. The lowest BCUT2D eigenvalue weighted by Gasteiger charge is -2.26. The topological polar surface area (TPSA) is 75.7 Å². The Morgan fingerprint density at radius 1 is 1.06 bits per heavy atom. The van der Waals surface area contributed by atoms with Crippen LogP contribution in [-0.2, 0) is 23.1 Å². The number of furan rings is 2. The smallest absolute Gasteiger partial charge is 0.264 e. The van der Waals surface area contributed by atoms with Crippen LogP contribution in [0.5, 0.6) is 0 Å². The van der Waals surface area contributed by atoms with Crippen molar-refractivity contribution in [2.75, 3.05) is 10.8 Å². The van der Waals surface area contributed by atoms with Crippen molar-refractivity contribution in [3.05, 3.63) is 83.0 Å². The van der Waals surface area contributed by atoms with E-state index in [9.17, 15) is 8.42 Å². The second-order valence-corrected chi connectivity index (χ2v) is 9.50. The third-order valence-corrected chi connectivity index (χ3v) is 7.24. The highest BCUT2D eigenvalue weighted by Crippen LogP contribution is 2.31. The van der Waals surface area contributed by atoms with Crippen molar-refractivity contribution in [1.29, 1.82) is 0 Å². The number of hydrogen-bond donors (Lipinski definition) is 1. The fourth-order valence-electron chi connectivity index (χ4n) is 3.57. The molecule has 0 atom stereocenters. The zero-order valence-electron chi connectivity index (χ0n) is 17.3. The number of halogens is 1. The highest BCUT2D eigenvalue weighted by molar-refractivity contribution is 7.92. The molecule has 1 N–H and O–H groups in total. The summed E-state index contributed by atoms with van der Waals surface area (Å²) < 4.78 is 39.3. The number of benzene rings is 2. The first kappa shape index (κ1) is 21.5. The molecule has 2 aromatic carbocycles. The number of nitrogens with zero attached hydrogens (tertiary/aromatic N) is 1. The third-order valence-electron chi connectivity index (χ3n) is 5.12. The number of aryl methyl sites for hydroxylation is 1. The van der Waals surface area contributed by atoms with Gasteiger partial charge in [-0.3, -0.25) is 4.31 Å². The minimum absolute atomic E-state index is 0.218. The minimum Gasteiger partial charge on any atom is -0.468 e. The highest BCUT2D eigenvalue weighted by Gasteiger charge is 2.26. The highest BCUT2D eigenvalue weighted by atomic mass is 35.5. The molecule has 162 valence electrons. The lowest BCUT2D eigenvalue weighted by molar-refractivity contribution is 0.483. The molecule has 0 unspecified atom stereocenters. The van der Waals surface area contributed by atoms with E-state index in [0.29, 0.717) is 29.4 Å². The number of anilines is 1. The van der Waals surface area contributed by atoms with E-state index in [0.717, 1.165) is 22.3 Å². The van der Waals surface area contributed by atoms with Gasteiger partial charge in [0.1, 0.15) is 11.3 Å². The molecule has 31 heavy (non-hydrogen) atoms. The van der Waals surface area contributed by atoms with Gasteiger partial charge in [-0.2, -0.15) is 0 Å². The number of hydrogen-bond acceptors (Lipinski definition) is 5. The average molecular weight is 459 g/mol. The van der Waals surface area contributed by atoms with E-state index in [-0.39, 0.29) is 11.4 Å². The molecule has 2 heterocycles. The van der Waals surface area contributed by atoms with Gasteiger partial charge in [0.2, 0.25) is 0 Å². The molecule has 0 aliphatic heterocycles. The lowest BCUT2D eigenvalue weighted by atomic mass is 10.1. The van der Waals surface area contributed by atoms with Crippen LogP contribution in [0.2, 0.25) is 5.02 Å². The molecular formula is C23H23ClN2O4S. The van der Waals surface area contributed by atoms with E-state index >= 15 is 0 Å². The molecule has 0 radical (unpaired) electrons. The van der Waals surface area contributed by atoms with Crippen LogP contribution in [0.1, 0.15) is 23.8 Å². The second kappa shape index (κ2) is 8.78. The molecule has 0 bridgehead atoms.